The second-order valence-electron chi connectivity index (χ2n) is 6.58. The predicted octanol–water partition coefficient (Wildman–Crippen LogP) is 5.02. The van der Waals surface area contributed by atoms with Crippen LogP contribution in [0.25, 0.3) is 11.3 Å². The second kappa shape index (κ2) is 9.93. The number of benzene rings is 1. The summed E-state index contributed by atoms with van der Waals surface area (Å²) in [5, 5.41) is 6.88. The van der Waals surface area contributed by atoms with Gasteiger partial charge in [0.1, 0.15) is 6.61 Å². The maximum Gasteiger partial charge on any atom is 0.644 e. The first-order valence-electron chi connectivity index (χ1n) is 9.52. The molecule has 0 radical (unpaired) electrons. The van der Waals surface area contributed by atoms with Crippen molar-refractivity contribution in [1.82, 2.24) is 15.1 Å². The molecule has 3 aromatic heterocycles. The number of rotatable bonds is 9. The highest BCUT2D eigenvalue weighted by Gasteiger charge is 2.21. The maximum absolute atomic E-state index is 11.7. The van der Waals surface area contributed by atoms with Gasteiger partial charge in [-0.15, -0.1) is 9.61 Å². The molecule has 4 aromatic rings. The summed E-state index contributed by atoms with van der Waals surface area (Å²) in [6.07, 6.45) is 3.91. The number of hydrogen-bond acceptors (Lipinski definition) is 7. The smallest absolute Gasteiger partial charge is 0.473 e. The minimum Gasteiger partial charge on any atom is -0.473 e. The molecule has 0 saturated carbocycles. The van der Waals surface area contributed by atoms with Gasteiger partial charge >= 0.3 is 8.18 Å². The molecule has 1 atom stereocenters. The topological polar surface area (TPSA) is 99.4 Å². The van der Waals surface area contributed by atoms with Crippen molar-refractivity contribution in [1.29, 1.82) is 0 Å². The van der Waals surface area contributed by atoms with Crippen LogP contribution in [-0.4, -0.2) is 22.2 Å². The third-order valence-corrected chi connectivity index (χ3v) is 5.15. The highest BCUT2D eigenvalue weighted by molar-refractivity contribution is 7.40. The summed E-state index contributed by atoms with van der Waals surface area (Å²) in [7, 11) is -0.696. The molecule has 0 bridgehead atoms. The minimum atomic E-state index is -2.05. The van der Waals surface area contributed by atoms with Gasteiger partial charge in [0.25, 0.3) is 0 Å². The fraction of sp³-hybridized carbons (Fsp3) is 0.136. The van der Waals surface area contributed by atoms with Crippen molar-refractivity contribution < 1.29 is 18.3 Å². The van der Waals surface area contributed by atoms with E-state index in [1.807, 2.05) is 54.6 Å². The second-order valence-corrected chi connectivity index (χ2v) is 7.69. The Balaban J connectivity index is 1.41. The first-order chi connectivity index (χ1) is 15.2. The Morgan fingerprint density at radius 2 is 1.81 bits per heavy atom. The summed E-state index contributed by atoms with van der Waals surface area (Å²) in [5.41, 5.74) is 3.57. The van der Waals surface area contributed by atoms with Crippen LogP contribution in [0.5, 0.6) is 5.88 Å². The van der Waals surface area contributed by atoms with Gasteiger partial charge in [-0.1, -0.05) is 35.5 Å². The van der Waals surface area contributed by atoms with Gasteiger partial charge in [0.2, 0.25) is 5.88 Å². The highest BCUT2D eigenvalue weighted by atomic mass is 31.1. The molecule has 0 aliphatic rings. The zero-order chi connectivity index (χ0) is 21.5. The van der Waals surface area contributed by atoms with E-state index in [2.05, 4.69) is 20.2 Å². The lowest BCUT2D eigenvalue weighted by Gasteiger charge is -2.05. The molecule has 0 aliphatic carbocycles. The van der Waals surface area contributed by atoms with Gasteiger partial charge in [0.15, 0.2) is 11.6 Å². The van der Waals surface area contributed by atoms with Gasteiger partial charge in [-0.25, -0.2) is 9.97 Å². The third-order valence-electron chi connectivity index (χ3n) is 4.43. The van der Waals surface area contributed by atoms with E-state index in [-0.39, 0.29) is 0 Å². The van der Waals surface area contributed by atoms with Crippen molar-refractivity contribution in [3.8, 4) is 17.2 Å². The fourth-order valence-electron chi connectivity index (χ4n) is 2.90. The molecule has 4 rings (SSSR count). The largest absolute Gasteiger partial charge is 0.644 e. The van der Waals surface area contributed by atoms with Crippen LogP contribution in [0.4, 0.5) is 5.82 Å². The Bertz CT molecular complexity index is 1150. The lowest BCUT2D eigenvalue weighted by atomic mass is 10.1. The van der Waals surface area contributed by atoms with Crippen molar-refractivity contribution >= 4 is 14.0 Å². The quantitative estimate of drug-likeness (QED) is 0.366. The molecule has 3 heterocycles. The van der Waals surface area contributed by atoms with E-state index >= 15 is 0 Å². The number of aromatic nitrogens is 3. The van der Waals surface area contributed by atoms with Gasteiger partial charge in [0, 0.05) is 30.9 Å². The zero-order valence-corrected chi connectivity index (χ0v) is 17.7. The zero-order valence-electron chi connectivity index (χ0n) is 16.8. The van der Waals surface area contributed by atoms with Crippen LogP contribution in [0.3, 0.4) is 0 Å². The van der Waals surface area contributed by atoms with Crippen LogP contribution in [0.15, 0.2) is 77.6 Å². The maximum atomic E-state index is 11.7. The molecule has 0 fully saturated rings. The molecule has 1 N–H and O–H groups in total. The predicted molar refractivity (Wildman–Crippen MR) is 116 cm³/mol. The van der Waals surface area contributed by atoms with Crippen molar-refractivity contribution in [2.75, 3.05) is 12.2 Å². The molecule has 0 aliphatic heterocycles. The van der Waals surface area contributed by atoms with Crippen molar-refractivity contribution in [2.24, 2.45) is 0 Å². The Morgan fingerprint density at radius 1 is 1.00 bits per heavy atom. The highest BCUT2D eigenvalue weighted by Crippen LogP contribution is 2.32. The number of nitrogens with one attached hydrogen (secondary N) is 1. The lowest BCUT2D eigenvalue weighted by molar-refractivity contribution is 0.294. The molecule has 1 unspecified atom stereocenters. The van der Waals surface area contributed by atoms with Crippen LogP contribution in [-0.2, 0) is 22.1 Å². The minimum absolute atomic E-state index is 0.408. The number of pyridine rings is 2. The van der Waals surface area contributed by atoms with Crippen LogP contribution >= 0.6 is 8.18 Å². The molecule has 8 nitrogen and oxygen atoms in total. The van der Waals surface area contributed by atoms with E-state index in [4.69, 9.17) is 13.8 Å². The Kier molecular flexibility index (Phi) is 6.62. The fourth-order valence-corrected chi connectivity index (χ4v) is 3.34. The Labute approximate surface area is 180 Å². The summed E-state index contributed by atoms with van der Waals surface area (Å²) in [6.45, 7) is 0.450. The summed E-state index contributed by atoms with van der Waals surface area (Å²) in [6, 6.07) is 19.1. The molecule has 1 aromatic carbocycles. The summed E-state index contributed by atoms with van der Waals surface area (Å²) in [4.78, 5) is 8.35. The Hall–Kier alpha value is -3.61. The van der Waals surface area contributed by atoms with E-state index in [1.54, 1.807) is 18.5 Å². The number of ether oxygens (including phenoxy) is 1. The molecular weight excluding hydrogens is 415 g/mol. The van der Waals surface area contributed by atoms with E-state index in [1.165, 1.54) is 7.11 Å². The average molecular weight is 435 g/mol. The summed E-state index contributed by atoms with van der Waals surface area (Å²) >= 11 is 0. The normalized spacial score (nSPS) is 11.2. The number of anilines is 1. The van der Waals surface area contributed by atoms with Crippen LogP contribution in [0.1, 0.15) is 16.8 Å². The van der Waals surface area contributed by atoms with Gasteiger partial charge in [-0.3, -0.25) is 0 Å². The summed E-state index contributed by atoms with van der Waals surface area (Å²) < 4.78 is 27.6. The van der Waals surface area contributed by atoms with E-state index in [0.29, 0.717) is 36.0 Å². The monoisotopic (exact) mass is 435 g/mol. The number of hydrogen-bond donors (Lipinski definition) is 1. The molecule has 0 spiro atoms. The standard InChI is InChI=1S/C22H20N4O4P/c1-28-31(27)26-22-19(5-4-12-24-22)20-14-18(25-30-20)13-16-7-9-17(10-8-16)15-29-21-6-2-3-11-23-21/h2-12,14H,13,15H2,1H3,(H,24,26,27)/q+1. The van der Waals surface area contributed by atoms with Gasteiger partial charge in [0.05, 0.1) is 18.4 Å². The molecule has 9 heteroatoms. The van der Waals surface area contributed by atoms with Gasteiger partial charge < -0.3 is 9.26 Å². The van der Waals surface area contributed by atoms with Crippen molar-refractivity contribution in [3.63, 3.8) is 0 Å². The molecule has 0 amide bonds. The van der Waals surface area contributed by atoms with E-state index in [9.17, 15) is 4.57 Å². The van der Waals surface area contributed by atoms with Crippen LogP contribution in [0, 0.1) is 0 Å². The molecule has 156 valence electrons. The molecule has 0 saturated heterocycles. The molecular formula is C22H20N4O4P+. The van der Waals surface area contributed by atoms with Crippen molar-refractivity contribution in [2.45, 2.75) is 13.0 Å². The lowest BCUT2D eigenvalue weighted by Crippen LogP contribution is -1.97. The first kappa shape index (κ1) is 20.7. The van der Waals surface area contributed by atoms with Crippen LogP contribution < -0.4 is 9.82 Å². The Morgan fingerprint density at radius 3 is 2.58 bits per heavy atom. The first-order valence-corrected chi connectivity index (χ1v) is 10.7. The van der Waals surface area contributed by atoms with E-state index < -0.39 is 8.18 Å². The SMILES string of the molecule is CO[P+](=O)Nc1ncccc1-c1cc(Cc2ccc(COc3ccccn3)cc2)no1. The van der Waals surface area contributed by atoms with E-state index in [0.717, 1.165) is 16.8 Å². The van der Waals surface area contributed by atoms with Gasteiger partial charge in [-0.05, 0) is 33.9 Å². The van der Waals surface area contributed by atoms with Gasteiger partial charge in [-0.2, -0.15) is 0 Å². The van der Waals surface area contributed by atoms with Crippen LogP contribution in [0.2, 0.25) is 0 Å². The summed E-state index contributed by atoms with van der Waals surface area (Å²) in [5.74, 6) is 1.54. The van der Waals surface area contributed by atoms with Crippen molar-refractivity contribution in [3.05, 3.63) is 89.9 Å². The third kappa shape index (κ3) is 5.51. The average Bonchev–Trinajstić information content (AvgIpc) is 3.28. The molecule has 31 heavy (non-hydrogen) atoms. The number of nitrogens with zero attached hydrogens (tertiary/aromatic N) is 3.